The number of carboxylic acid groups (broad SMARTS) is 1. The number of aromatic nitrogens is 2. The van der Waals surface area contributed by atoms with Gasteiger partial charge in [0.25, 0.3) is 0 Å². The summed E-state index contributed by atoms with van der Waals surface area (Å²) >= 11 is 0. The zero-order valence-corrected chi connectivity index (χ0v) is 15.9. The molecule has 0 amide bonds. The highest BCUT2D eigenvalue weighted by atomic mass is 19.4. The van der Waals surface area contributed by atoms with E-state index in [4.69, 9.17) is 15.0 Å². The van der Waals surface area contributed by atoms with Gasteiger partial charge >= 0.3 is 12.1 Å². The van der Waals surface area contributed by atoms with Gasteiger partial charge in [0.1, 0.15) is 0 Å². The van der Waals surface area contributed by atoms with Crippen molar-refractivity contribution in [1.29, 1.82) is 0 Å². The minimum atomic E-state index is -5.08. The minimum absolute atomic E-state index is 0.690. The number of fused-ring (bicyclic) bond motifs is 3. The SMILES string of the molecule is CCCN1C[C@H]2Cc3c(c(-c4ccccc4)nn3C)[C@H]2C1.O=C(O)C(F)(F)F. The maximum Gasteiger partial charge on any atom is 0.490 e. The molecule has 4 rings (SSSR count). The Hall–Kier alpha value is -2.35. The van der Waals surface area contributed by atoms with Crippen molar-refractivity contribution in [2.24, 2.45) is 13.0 Å². The van der Waals surface area contributed by atoms with Gasteiger partial charge in [-0.2, -0.15) is 18.3 Å². The van der Waals surface area contributed by atoms with Crippen molar-refractivity contribution < 1.29 is 23.1 Å². The van der Waals surface area contributed by atoms with Gasteiger partial charge in [0.2, 0.25) is 0 Å². The van der Waals surface area contributed by atoms with Crippen molar-refractivity contribution in [2.45, 2.75) is 31.9 Å². The van der Waals surface area contributed by atoms with E-state index in [9.17, 15) is 13.2 Å². The molecule has 28 heavy (non-hydrogen) atoms. The van der Waals surface area contributed by atoms with Gasteiger partial charge in [-0.25, -0.2) is 4.79 Å². The molecule has 152 valence electrons. The average Bonchev–Trinajstić information content (AvgIpc) is 3.27. The van der Waals surface area contributed by atoms with E-state index in [2.05, 4.69) is 53.9 Å². The second-order valence-corrected chi connectivity index (χ2v) is 7.33. The summed E-state index contributed by atoms with van der Waals surface area (Å²) in [6.07, 6.45) is -2.62. The molecule has 2 aliphatic rings. The molecule has 1 aliphatic carbocycles. The first-order valence-electron chi connectivity index (χ1n) is 9.36. The third-order valence-electron chi connectivity index (χ3n) is 5.38. The number of nitrogens with zero attached hydrogens (tertiary/aromatic N) is 3. The zero-order chi connectivity index (χ0) is 20.5. The van der Waals surface area contributed by atoms with Gasteiger partial charge < -0.3 is 10.0 Å². The molecule has 0 spiro atoms. The lowest BCUT2D eigenvalue weighted by Crippen LogP contribution is -2.22. The maximum atomic E-state index is 10.6. The summed E-state index contributed by atoms with van der Waals surface area (Å²) in [7, 11) is 2.11. The number of likely N-dealkylation sites (tertiary alicyclic amines) is 1. The fourth-order valence-electron chi connectivity index (χ4n) is 4.26. The highest BCUT2D eigenvalue weighted by Gasteiger charge is 2.43. The third-order valence-corrected chi connectivity index (χ3v) is 5.38. The molecule has 2 heterocycles. The van der Waals surface area contributed by atoms with Gasteiger partial charge in [0.05, 0.1) is 5.69 Å². The summed E-state index contributed by atoms with van der Waals surface area (Å²) in [5, 5.41) is 12.0. The Bertz CT molecular complexity index is 833. The van der Waals surface area contributed by atoms with Crippen LogP contribution < -0.4 is 0 Å². The highest BCUT2D eigenvalue weighted by Crippen LogP contribution is 2.46. The van der Waals surface area contributed by atoms with Crippen LogP contribution in [0.1, 0.15) is 30.5 Å². The standard InChI is InChI=1S/C18H23N3.C2HF3O2/c1-3-9-21-11-14-10-16-17(15(14)12-21)18(19-20(16)2)13-7-5-4-6-8-13;3-2(4,5)1(6)7/h4-8,14-15H,3,9-12H2,1-2H3;(H,6,7)/t14-,15+;/m1./s1. The predicted molar refractivity (Wildman–Crippen MR) is 99.0 cm³/mol. The smallest absolute Gasteiger partial charge is 0.475 e. The summed E-state index contributed by atoms with van der Waals surface area (Å²) in [6, 6.07) is 10.7. The van der Waals surface area contributed by atoms with Crippen molar-refractivity contribution in [1.82, 2.24) is 14.7 Å². The van der Waals surface area contributed by atoms with Crippen LogP contribution in [0.2, 0.25) is 0 Å². The largest absolute Gasteiger partial charge is 0.490 e. The Morgan fingerprint density at radius 1 is 1.25 bits per heavy atom. The van der Waals surface area contributed by atoms with E-state index >= 15 is 0 Å². The van der Waals surface area contributed by atoms with Gasteiger partial charge in [-0.15, -0.1) is 0 Å². The quantitative estimate of drug-likeness (QED) is 0.861. The summed E-state index contributed by atoms with van der Waals surface area (Å²) in [5.74, 6) is -1.26. The van der Waals surface area contributed by atoms with Gasteiger partial charge in [-0.1, -0.05) is 37.3 Å². The Morgan fingerprint density at radius 2 is 1.89 bits per heavy atom. The third kappa shape index (κ3) is 4.06. The molecular weight excluding hydrogens is 371 g/mol. The normalized spacial score (nSPS) is 21.0. The maximum absolute atomic E-state index is 10.6. The molecule has 1 aliphatic heterocycles. The fraction of sp³-hybridized carbons (Fsp3) is 0.500. The molecule has 8 heteroatoms. The number of carbonyl (C=O) groups is 1. The number of carboxylic acids is 1. The lowest BCUT2D eigenvalue weighted by molar-refractivity contribution is -0.192. The van der Waals surface area contributed by atoms with Crippen LogP contribution in [0.3, 0.4) is 0 Å². The van der Waals surface area contributed by atoms with Crippen LogP contribution >= 0.6 is 0 Å². The number of hydrogen-bond acceptors (Lipinski definition) is 3. The number of rotatable bonds is 3. The van der Waals surface area contributed by atoms with Crippen LogP contribution in [-0.2, 0) is 18.3 Å². The molecule has 5 nitrogen and oxygen atoms in total. The molecule has 1 N–H and O–H groups in total. The Morgan fingerprint density at radius 3 is 2.46 bits per heavy atom. The number of halogens is 3. The molecule has 0 saturated carbocycles. The van der Waals surface area contributed by atoms with Crippen molar-refractivity contribution in [3.63, 3.8) is 0 Å². The van der Waals surface area contributed by atoms with E-state index in [1.54, 1.807) is 0 Å². The van der Waals surface area contributed by atoms with Crippen molar-refractivity contribution in [3.05, 3.63) is 41.6 Å². The van der Waals surface area contributed by atoms with E-state index in [0.29, 0.717) is 5.92 Å². The average molecular weight is 395 g/mol. The van der Waals surface area contributed by atoms with Crippen molar-refractivity contribution in [3.8, 4) is 11.3 Å². The molecule has 0 bridgehead atoms. The molecule has 1 aromatic carbocycles. The van der Waals surface area contributed by atoms with Crippen LogP contribution in [0.15, 0.2) is 30.3 Å². The van der Waals surface area contributed by atoms with Gasteiger partial charge in [0.15, 0.2) is 0 Å². The Labute approximate surface area is 161 Å². The summed E-state index contributed by atoms with van der Waals surface area (Å²) in [4.78, 5) is 11.5. The molecule has 2 atom stereocenters. The van der Waals surface area contributed by atoms with Gasteiger partial charge in [-0.3, -0.25) is 4.68 Å². The monoisotopic (exact) mass is 395 g/mol. The molecule has 0 unspecified atom stereocenters. The molecular formula is C20H24F3N3O2. The fourth-order valence-corrected chi connectivity index (χ4v) is 4.26. The second kappa shape index (κ2) is 7.95. The lowest BCUT2D eigenvalue weighted by atomic mass is 9.94. The zero-order valence-electron chi connectivity index (χ0n) is 15.9. The van der Waals surface area contributed by atoms with Gasteiger partial charge in [0, 0.05) is 42.9 Å². The van der Waals surface area contributed by atoms with Crippen LogP contribution in [0, 0.1) is 5.92 Å². The van der Waals surface area contributed by atoms with E-state index in [1.807, 2.05) is 0 Å². The van der Waals surface area contributed by atoms with Crippen LogP contribution in [0.25, 0.3) is 11.3 Å². The first kappa shape index (κ1) is 20.4. The highest BCUT2D eigenvalue weighted by molar-refractivity contribution is 5.73. The molecule has 1 saturated heterocycles. The lowest BCUT2D eigenvalue weighted by Gasteiger charge is -2.15. The van der Waals surface area contributed by atoms with E-state index in [1.165, 1.54) is 55.0 Å². The van der Waals surface area contributed by atoms with Crippen LogP contribution in [0.5, 0.6) is 0 Å². The van der Waals surface area contributed by atoms with Gasteiger partial charge in [-0.05, 0) is 25.3 Å². The number of alkyl halides is 3. The number of aryl methyl sites for hydroxylation is 1. The second-order valence-electron chi connectivity index (χ2n) is 7.33. The number of hydrogen-bond donors (Lipinski definition) is 1. The summed E-state index contributed by atoms with van der Waals surface area (Å²) in [6.45, 7) is 6.00. The number of benzene rings is 1. The Balaban J connectivity index is 0.000000279. The van der Waals surface area contributed by atoms with Crippen molar-refractivity contribution >= 4 is 5.97 Å². The first-order chi connectivity index (χ1) is 13.2. The molecule has 2 aromatic rings. The topological polar surface area (TPSA) is 58.4 Å². The Kier molecular flexibility index (Phi) is 5.79. The van der Waals surface area contributed by atoms with E-state index in [-0.39, 0.29) is 0 Å². The van der Waals surface area contributed by atoms with E-state index < -0.39 is 12.1 Å². The minimum Gasteiger partial charge on any atom is -0.475 e. The summed E-state index contributed by atoms with van der Waals surface area (Å²) < 4.78 is 33.9. The molecule has 1 fully saturated rings. The predicted octanol–water partition coefficient (Wildman–Crippen LogP) is 3.70. The van der Waals surface area contributed by atoms with Crippen LogP contribution in [-0.4, -0.2) is 51.6 Å². The van der Waals surface area contributed by atoms with Crippen LogP contribution in [0.4, 0.5) is 13.2 Å². The molecule has 0 radical (unpaired) electrons. The van der Waals surface area contributed by atoms with Crippen molar-refractivity contribution in [2.75, 3.05) is 19.6 Å². The summed E-state index contributed by atoms with van der Waals surface area (Å²) in [5.41, 5.74) is 5.50. The number of aliphatic carboxylic acids is 1. The first-order valence-corrected chi connectivity index (χ1v) is 9.36. The van der Waals surface area contributed by atoms with E-state index in [0.717, 1.165) is 5.92 Å². The molecule has 1 aromatic heterocycles.